The molecule has 1 heterocycles. The molecule has 7 heteroatoms. The Morgan fingerprint density at radius 2 is 1.75 bits per heavy atom. The van der Waals surface area contributed by atoms with E-state index < -0.39 is 5.60 Å². The Balaban J connectivity index is 1.41. The zero-order valence-corrected chi connectivity index (χ0v) is 19.4. The van der Waals surface area contributed by atoms with Crippen LogP contribution in [0.4, 0.5) is 11.4 Å². The molecule has 0 atom stereocenters. The Hall–Kier alpha value is -2.64. The highest BCUT2D eigenvalue weighted by molar-refractivity contribution is 5.48. The zero-order valence-electron chi connectivity index (χ0n) is 19.4. The summed E-state index contributed by atoms with van der Waals surface area (Å²) in [5.74, 6) is 0.872. The molecule has 0 spiro atoms. The van der Waals surface area contributed by atoms with Crippen molar-refractivity contribution in [1.82, 2.24) is 4.90 Å². The number of piperidine rings is 1. The average molecular weight is 442 g/mol. The molecule has 174 valence electrons. The second-order valence-corrected chi connectivity index (χ2v) is 9.07. The molecule has 1 saturated heterocycles. The van der Waals surface area contributed by atoms with Crippen LogP contribution in [0.5, 0.6) is 5.75 Å². The van der Waals surface area contributed by atoms with Crippen LogP contribution >= 0.6 is 0 Å². The van der Waals surface area contributed by atoms with E-state index in [9.17, 15) is 15.2 Å². The molecule has 2 aromatic carbocycles. The number of hydrogen-bond donors (Lipinski definition) is 1. The number of nitrogens with zero attached hydrogens (tertiary/aromatic N) is 3. The standard InChI is InChI=1S/C25H35N3O4/c1-20(2)32-24-10-8-22(9-11-24)26(3)17-13-25(29)14-18-27(19-15-25)16-12-21-4-6-23(7-5-21)28(30)31/h4-11,20,29H,12-19H2,1-3H3. The molecule has 0 aromatic heterocycles. The minimum Gasteiger partial charge on any atom is -0.491 e. The first-order valence-electron chi connectivity index (χ1n) is 11.4. The lowest BCUT2D eigenvalue weighted by Gasteiger charge is -2.39. The van der Waals surface area contributed by atoms with Crippen molar-refractivity contribution in [2.24, 2.45) is 0 Å². The van der Waals surface area contributed by atoms with Crippen molar-refractivity contribution in [1.29, 1.82) is 0 Å². The Labute approximate surface area is 190 Å². The van der Waals surface area contributed by atoms with Crippen molar-refractivity contribution in [3.63, 3.8) is 0 Å². The highest BCUT2D eigenvalue weighted by atomic mass is 16.6. The maximum absolute atomic E-state index is 11.1. The van der Waals surface area contributed by atoms with Gasteiger partial charge in [0.05, 0.1) is 16.6 Å². The highest BCUT2D eigenvalue weighted by Crippen LogP contribution is 2.27. The fraction of sp³-hybridized carbons (Fsp3) is 0.520. The van der Waals surface area contributed by atoms with Crippen LogP contribution in [0.15, 0.2) is 48.5 Å². The summed E-state index contributed by atoms with van der Waals surface area (Å²) in [6.45, 7) is 7.47. The van der Waals surface area contributed by atoms with E-state index in [-0.39, 0.29) is 16.7 Å². The van der Waals surface area contributed by atoms with E-state index in [4.69, 9.17) is 4.74 Å². The number of aliphatic hydroxyl groups is 1. The van der Waals surface area contributed by atoms with Crippen LogP contribution in [0.25, 0.3) is 0 Å². The second-order valence-electron chi connectivity index (χ2n) is 9.07. The summed E-state index contributed by atoms with van der Waals surface area (Å²) >= 11 is 0. The molecule has 0 saturated carbocycles. The van der Waals surface area contributed by atoms with E-state index in [1.54, 1.807) is 12.1 Å². The van der Waals surface area contributed by atoms with Gasteiger partial charge in [-0.25, -0.2) is 0 Å². The quantitative estimate of drug-likeness (QED) is 0.438. The monoisotopic (exact) mass is 441 g/mol. The maximum Gasteiger partial charge on any atom is 0.269 e. The van der Waals surface area contributed by atoms with Crippen LogP contribution in [0, 0.1) is 10.1 Å². The Kier molecular flexibility index (Phi) is 8.10. The first kappa shape index (κ1) is 24.0. The van der Waals surface area contributed by atoms with Gasteiger partial charge in [-0.3, -0.25) is 10.1 Å². The van der Waals surface area contributed by atoms with Gasteiger partial charge < -0.3 is 19.6 Å². The van der Waals surface area contributed by atoms with Gasteiger partial charge in [-0.15, -0.1) is 0 Å². The van der Waals surface area contributed by atoms with Crippen molar-refractivity contribution in [2.45, 2.75) is 51.2 Å². The smallest absolute Gasteiger partial charge is 0.269 e. The van der Waals surface area contributed by atoms with Crippen LogP contribution in [-0.2, 0) is 6.42 Å². The van der Waals surface area contributed by atoms with E-state index in [1.807, 2.05) is 38.1 Å². The summed E-state index contributed by atoms with van der Waals surface area (Å²) in [5.41, 5.74) is 1.72. The SMILES string of the molecule is CC(C)Oc1ccc(N(C)CCC2(O)CCN(CCc3ccc([N+](=O)[O-])cc3)CC2)cc1. The molecule has 7 nitrogen and oxygen atoms in total. The van der Waals surface area contributed by atoms with Gasteiger partial charge in [0.1, 0.15) is 5.75 Å². The summed E-state index contributed by atoms with van der Waals surface area (Å²) < 4.78 is 5.70. The zero-order chi connectivity index (χ0) is 23.1. The van der Waals surface area contributed by atoms with Gasteiger partial charge in [0.2, 0.25) is 0 Å². The predicted molar refractivity (Wildman–Crippen MR) is 128 cm³/mol. The van der Waals surface area contributed by atoms with E-state index >= 15 is 0 Å². The Bertz CT molecular complexity index is 860. The van der Waals surface area contributed by atoms with Gasteiger partial charge in [-0.1, -0.05) is 12.1 Å². The van der Waals surface area contributed by atoms with Crippen LogP contribution in [0.2, 0.25) is 0 Å². The Morgan fingerprint density at radius 3 is 2.31 bits per heavy atom. The molecule has 0 bridgehead atoms. The first-order chi connectivity index (χ1) is 15.2. The van der Waals surface area contributed by atoms with E-state index in [1.165, 1.54) is 0 Å². The molecule has 2 aromatic rings. The van der Waals surface area contributed by atoms with E-state index in [0.717, 1.165) is 68.9 Å². The minimum absolute atomic E-state index is 0.126. The van der Waals surface area contributed by atoms with Gasteiger partial charge in [-0.2, -0.15) is 0 Å². The van der Waals surface area contributed by atoms with Crippen molar-refractivity contribution in [2.75, 3.05) is 38.1 Å². The summed E-state index contributed by atoms with van der Waals surface area (Å²) in [4.78, 5) is 14.9. The van der Waals surface area contributed by atoms with Crippen molar-refractivity contribution in [3.05, 3.63) is 64.2 Å². The number of likely N-dealkylation sites (tertiary alicyclic amines) is 1. The molecular weight excluding hydrogens is 406 g/mol. The van der Waals surface area contributed by atoms with Gasteiger partial charge in [0.15, 0.2) is 0 Å². The molecule has 0 unspecified atom stereocenters. The van der Waals surface area contributed by atoms with Crippen molar-refractivity contribution >= 4 is 11.4 Å². The molecule has 1 fully saturated rings. The summed E-state index contributed by atoms with van der Waals surface area (Å²) in [6.07, 6.45) is 3.29. The number of nitro benzene ring substituents is 1. The minimum atomic E-state index is -0.626. The van der Waals surface area contributed by atoms with Crippen LogP contribution in [0.1, 0.15) is 38.7 Å². The second kappa shape index (κ2) is 10.8. The molecular formula is C25H35N3O4. The predicted octanol–water partition coefficient (Wildman–Crippen LogP) is 4.28. The van der Waals surface area contributed by atoms with Gasteiger partial charge in [0, 0.05) is 51.0 Å². The fourth-order valence-electron chi connectivity index (χ4n) is 4.07. The molecule has 1 aliphatic rings. The van der Waals surface area contributed by atoms with Gasteiger partial charge in [-0.05, 0) is 69.4 Å². The van der Waals surface area contributed by atoms with E-state index in [2.05, 4.69) is 29.0 Å². The summed E-state index contributed by atoms with van der Waals surface area (Å²) in [6, 6.07) is 14.9. The lowest BCUT2D eigenvalue weighted by atomic mass is 9.88. The number of benzene rings is 2. The third-order valence-electron chi connectivity index (χ3n) is 6.21. The number of rotatable bonds is 10. The number of ether oxygens (including phenoxy) is 1. The molecule has 0 amide bonds. The molecule has 0 aliphatic carbocycles. The van der Waals surface area contributed by atoms with Gasteiger partial charge in [0.25, 0.3) is 5.69 Å². The number of hydrogen-bond acceptors (Lipinski definition) is 6. The van der Waals surface area contributed by atoms with Crippen LogP contribution in [0.3, 0.4) is 0 Å². The lowest BCUT2D eigenvalue weighted by molar-refractivity contribution is -0.384. The normalized spacial score (nSPS) is 16.2. The first-order valence-corrected chi connectivity index (χ1v) is 11.4. The molecule has 32 heavy (non-hydrogen) atoms. The average Bonchev–Trinajstić information content (AvgIpc) is 2.77. The molecule has 1 N–H and O–H groups in total. The summed E-state index contributed by atoms with van der Waals surface area (Å²) in [5, 5.41) is 21.8. The fourth-order valence-corrected chi connectivity index (χ4v) is 4.07. The third kappa shape index (κ3) is 6.93. The van der Waals surface area contributed by atoms with Crippen LogP contribution < -0.4 is 9.64 Å². The van der Waals surface area contributed by atoms with Crippen LogP contribution in [-0.4, -0.2) is 59.9 Å². The molecule has 3 rings (SSSR count). The topological polar surface area (TPSA) is 79.1 Å². The van der Waals surface area contributed by atoms with Crippen molar-refractivity contribution < 1.29 is 14.8 Å². The Morgan fingerprint density at radius 1 is 1.12 bits per heavy atom. The lowest BCUT2D eigenvalue weighted by Crippen LogP contribution is -2.46. The maximum atomic E-state index is 11.1. The summed E-state index contributed by atoms with van der Waals surface area (Å²) in [7, 11) is 2.06. The number of nitro groups is 1. The highest BCUT2D eigenvalue weighted by Gasteiger charge is 2.32. The largest absolute Gasteiger partial charge is 0.491 e. The van der Waals surface area contributed by atoms with Crippen molar-refractivity contribution in [3.8, 4) is 5.75 Å². The third-order valence-corrected chi connectivity index (χ3v) is 6.21. The molecule has 0 radical (unpaired) electrons. The number of anilines is 1. The van der Waals surface area contributed by atoms with E-state index in [0.29, 0.717) is 0 Å². The molecule has 1 aliphatic heterocycles. The van der Waals surface area contributed by atoms with Gasteiger partial charge >= 0.3 is 0 Å². The number of non-ortho nitro benzene ring substituents is 1.